The first-order valence-electron chi connectivity index (χ1n) is 7.39. The summed E-state index contributed by atoms with van der Waals surface area (Å²) in [6, 6.07) is 12.4. The van der Waals surface area contributed by atoms with Crippen LogP contribution in [-0.4, -0.2) is 23.4 Å². The first-order valence-corrected chi connectivity index (χ1v) is 7.39. The van der Waals surface area contributed by atoms with Crippen LogP contribution >= 0.6 is 0 Å². The summed E-state index contributed by atoms with van der Waals surface area (Å²) in [5, 5.41) is 5.59. The highest BCUT2D eigenvalue weighted by Gasteiger charge is 2.40. The van der Waals surface area contributed by atoms with Crippen molar-refractivity contribution < 1.29 is 14.0 Å². The molecule has 2 aliphatic heterocycles. The zero-order valence-electron chi connectivity index (χ0n) is 12.3. The number of urea groups is 1. The lowest BCUT2D eigenvalue weighted by molar-refractivity contribution is -0.126. The minimum Gasteiger partial charge on any atom is -0.467 e. The normalized spacial score (nSPS) is 20.3. The average Bonchev–Trinajstić information content (AvgIpc) is 3.17. The standard InChI is InChI=1S/C17H15N3O3/c21-16-14-13(10-20(16)9-12-7-4-8-23-12)18-17(22)19-15(14)11-5-2-1-3-6-11/h1-8,15H,9-10H2,(H2,18,19,22). The molecular formula is C17H15N3O3. The molecule has 0 saturated carbocycles. The number of nitrogens with zero attached hydrogens (tertiary/aromatic N) is 1. The van der Waals surface area contributed by atoms with Crippen LogP contribution < -0.4 is 10.6 Å². The van der Waals surface area contributed by atoms with Gasteiger partial charge in [-0.3, -0.25) is 4.79 Å². The Kier molecular flexibility index (Phi) is 3.15. The van der Waals surface area contributed by atoms with Crippen LogP contribution in [0.1, 0.15) is 17.4 Å². The summed E-state index contributed by atoms with van der Waals surface area (Å²) >= 11 is 0. The molecule has 4 rings (SSSR count). The van der Waals surface area contributed by atoms with E-state index < -0.39 is 6.04 Å². The Morgan fingerprint density at radius 2 is 1.96 bits per heavy atom. The van der Waals surface area contributed by atoms with E-state index in [1.165, 1.54) is 0 Å². The molecule has 2 N–H and O–H groups in total. The molecule has 3 amide bonds. The van der Waals surface area contributed by atoms with Crippen molar-refractivity contribution in [1.29, 1.82) is 0 Å². The molecule has 0 fully saturated rings. The van der Waals surface area contributed by atoms with Gasteiger partial charge in [0.1, 0.15) is 5.76 Å². The summed E-state index contributed by atoms with van der Waals surface area (Å²) in [6.45, 7) is 0.766. The first-order chi connectivity index (χ1) is 11.2. The Morgan fingerprint density at radius 1 is 1.13 bits per heavy atom. The van der Waals surface area contributed by atoms with E-state index in [0.717, 1.165) is 5.56 Å². The van der Waals surface area contributed by atoms with E-state index in [9.17, 15) is 9.59 Å². The molecule has 116 valence electrons. The quantitative estimate of drug-likeness (QED) is 0.910. The molecule has 0 bridgehead atoms. The fourth-order valence-corrected chi connectivity index (χ4v) is 3.04. The third-order valence-electron chi connectivity index (χ3n) is 4.08. The molecule has 1 unspecified atom stereocenters. The Balaban J connectivity index is 1.65. The number of rotatable bonds is 3. The number of carbonyl (C=O) groups is 2. The fourth-order valence-electron chi connectivity index (χ4n) is 3.04. The van der Waals surface area contributed by atoms with Gasteiger partial charge < -0.3 is 20.0 Å². The summed E-state index contributed by atoms with van der Waals surface area (Å²) in [5.41, 5.74) is 2.16. The number of nitrogens with one attached hydrogen (secondary N) is 2. The topological polar surface area (TPSA) is 74.6 Å². The van der Waals surface area contributed by atoms with Gasteiger partial charge in [-0.05, 0) is 17.7 Å². The number of amides is 3. The second kappa shape index (κ2) is 5.31. The molecule has 6 nitrogen and oxygen atoms in total. The summed E-state index contributed by atoms with van der Waals surface area (Å²) in [5.74, 6) is 0.631. The van der Waals surface area contributed by atoms with Gasteiger partial charge in [-0.25, -0.2) is 4.79 Å². The predicted octanol–water partition coefficient (Wildman–Crippen LogP) is 1.93. The zero-order chi connectivity index (χ0) is 15.8. The highest BCUT2D eigenvalue weighted by atomic mass is 16.3. The van der Waals surface area contributed by atoms with Gasteiger partial charge >= 0.3 is 6.03 Å². The van der Waals surface area contributed by atoms with Gasteiger partial charge in [0.2, 0.25) is 0 Å². The monoisotopic (exact) mass is 309 g/mol. The van der Waals surface area contributed by atoms with E-state index >= 15 is 0 Å². The lowest BCUT2D eigenvalue weighted by atomic mass is 9.96. The third kappa shape index (κ3) is 2.38. The van der Waals surface area contributed by atoms with E-state index in [1.807, 2.05) is 36.4 Å². The zero-order valence-corrected chi connectivity index (χ0v) is 12.3. The van der Waals surface area contributed by atoms with Crippen molar-refractivity contribution in [2.24, 2.45) is 0 Å². The molecule has 2 aromatic rings. The largest absolute Gasteiger partial charge is 0.467 e. The molecule has 2 aliphatic rings. The summed E-state index contributed by atoms with van der Waals surface area (Å²) in [6.07, 6.45) is 1.58. The molecule has 6 heteroatoms. The van der Waals surface area contributed by atoms with Crippen molar-refractivity contribution in [3.8, 4) is 0 Å². The second-order valence-corrected chi connectivity index (χ2v) is 5.57. The van der Waals surface area contributed by atoms with Gasteiger partial charge in [0.25, 0.3) is 5.91 Å². The Bertz CT molecular complexity index is 781. The number of hydrogen-bond acceptors (Lipinski definition) is 3. The van der Waals surface area contributed by atoms with Crippen LogP contribution in [0.4, 0.5) is 4.79 Å². The van der Waals surface area contributed by atoms with Crippen LogP contribution in [0.3, 0.4) is 0 Å². The molecule has 0 spiro atoms. The summed E-state index contributed by atoms with van der Waals surface area (Å²) in [7, 11) is 0. The van der Waals surface area contributed by atoms with Crippen molar-refractivity contribution in [1.82, 2.24) is 15.5 Å². The van der Waals surface area contributed by atoms with Crippen molar-refractivity contribution in [2.75, 3.05) is 6.54 Å². The van der Waals surface area contributed by atoms with Gasteiger partial charge in [-0.2, -0.15) is 0 Å². The van der Waals surface area contributed by atoms with Crippen LogP contribution in [0.5, 0.6) is 0 Å². The van der Waals surface area contributed by atoms with Crippen LogP contribution in [0, 0.1) is 0 Å². The van der Waals surface area contributed by atoms with Gasteiger partial charge in [0.15, 0.2) is 0 Å². The predicted molar refractivity (Wildman–Crippen MR) is 82.0 cm³/mol. The van der Waals surface area contributed by atoms with Crippen molar-refractivity contribution >= 4 is 11.9 Å². The van der Waals surface area contributed by atoms with E-state index in [4.69, 9.17) is 4.42 Å². The maximum atomic E-state index is 12.8. The average molecular weight is 309 g/mol. The summed E-state index contributed by atoms with van der Waals surface area (Å²) in [4.78, 5) is 26.4. The number of benzene rings is 1. The lowest BCUT2D eigenvalue weighted by Gasteiger charge is -2.25. The second-order valence-electron chi connectivity index (χ2n) is 5.57. The van der Waals surface area contributed by atoms with Gasteiger partial charge in [0.05, 0.1) is 36.7 Å². The Labute approximate surface area is 132 Å². The van der Waals surface area contributed by atoms with Crippen LogP contribution in [0.15, 0.2) is 64.4 Å². The number of furan rings is 1. The first kappa shape index (κ1) is 13.6. The fraction of sp³-hybridized carbons (Fsp3) is 0.176. The smallest absolute Gasteiger partial charge is 0.319 e. The van der Waals surface area contributed by atoms with Gasteiger partial charge in [0, 0.05) is 0 Å². The maximum absolute atomic E-state index is 12.8. The lowest BCUT2D eigenvalue weighted by Crippen LogP contribution is -2.44. The van der Waals surface area contributed by atoms with Crippen LogP contribution in [-0.2, 0) is 11.3 Å². The minimum atomic E-state index is -0.422. The highest BCUT2D eigenvalue weighted by Crippen LogP contribution is 2.32. The third-order valence-corrected chi connectivity index (χ3v) is 4.08. The van der Waals surface area contributed by atoms with Crippen molar-refractivity contribution in [3.63, 3.8) is 0 Å². The maximum Gasteiger partial charge on any atom is 0.319 e. The highest BCUT2D eigenvalue weighted by molar-refractivity contribution is 6.01. The Hall–Kier alpha value is -3.02. The van der Waals surface area contributed by atoms with Crippen molar-refractivity contribution in [2.45, 2.75) is 12.6 Å². The van der Waals surface area contributed by atoms with Crippen LogP contribution in [0.25, 0.3) is 0 Å². The van der Waals surface area contributed by atoms with E-state index in [2.05, 4.69) is 10.6 Å². The minimum absolute atomic E-state index is 0.0854. The molecule has 3 heterocycles. The van der Waals surface area contributed by atoms with Crippen LogP contribution in [0.2, 0.25) is 0 Å². The molecule has 23 heavy (non-hydrogen) atoms. The van der Waals surface area contributed by atoms with Gasteiger partial charge in [-0.15, -0.1) is 0 Å². The van der Waals surface area contributed by atoms with E-state index in [-0.39, 0.29) is 11.9 Å². The molecule has 0 radical (unpaired) electrons. The summed E-state index contributed by atoms with van der Waals surface area (Å²) < 4.78 is 5.31. The molecular weight excluding hydrogens is 294 g/mol. The Morgan fingerprint density at radius 3 is 2.70 bits per heavy atom. The SMILES string of the molecule is O=C1NC2=C(C(=O)N(Cc3ccco3)C2)C(c2ccccc2)N1. The molecule has 1 aromatic heterocycles. The van der Waals surface area contributed by atoms with E-state index in [1.54, 1.807) is 17.2 Å². The number of carbonyl (C=O) groups excluding carboxylic acids is 2. The molecule has 1 aromatic carbocycles. The van der Waals surface area contributed by atoms with Crippen molar-refractivity contribution in [3.05, 3.63) is 71.3 Å². The number of hydrogen-bond donors (Lipinski definition) is 2. The molecule has 0 saturated heterocycles. The molecule has 1 atom stereocenters. The van der Waals surface area contributed by atoms with Gasteiger partial charge in [-0.1, -0.05) is 30.3 Å². The molecule has 0 aliphatic carbocycles. The van der Waals surface area contributed by atoms with E-state index in [0.29, 0.717) is 30.1 Å².